The second-order valence-corrected chi connectivity index (χ2v) is 8.36. The second-order valence-electron chi connectivity index (χ2n) is 6.56. The number of carbonyl (C=O) groups excluding carboxylic acids is 1. The van der Waals surface area contributed by atoms with Crippen LogP contribution in [-0.2, 0) is 4.79 Å². The molecule has 1 saturated heterocycles. The molecule has 2 nitrogen and oxygen atoms in total. The van der Waals surface area contributed by atoms with Crippen molar-refractivity contribution in [2.45, 2.75) is 51.2 Å². The fourth-order valence-electron chi connectivity index (χ4n) is 3.33. The monoisotopic (exact) mass is 269 g/mol. The highest BCUT2D eigenvalue weighted by Crippen LogP contribution is 2.33. The summed E-state index contributed by atoms with van der Waals surface area (Å²) in [5, 5.41) is 0. The third-order valence-corrected chi connectivity index (χ3v) is 5.73. The van der Waals surface area contributed by atoms with Crippen LogP contribution in [0, 0.1) is 11.8 Å². The van der Waals surface area contributed by atoms with Crippen molar-refractivity contribution in [2.75, 3.05) is 25.4 Å². The highest BCUT2D eigenvalue weighted by molar-refractivity contribution is 8.00. The predicted octanol–water partition coefficient (Wildman–Crippen LogP) is 3.21. The lowest BCUT2D eigenvalue weighted by molar-refractivity contribution is -0.126. The Morgan fingerprint density at radius 1 is 1.44 bits per heavy atom. The molecule has 2 unspecified atom stereocenters. The van der Waals surface area contributed by atoms with Crippen molar-refractivity contribution in [3.63, 3.8) is 0 Å². The Morgan fingerprint density at radius 2 is 2.22 bits per heavy atom. The van der Waals surface area contributed by atoms with Gasteiger partial charge in [-0.2, -0.15) is 11.8 Å². The Balaban J connectivity index is 1.89. The molecule has 3 heteroatoms. The first-order valence-corrected chi connectivity index (χ1v) is 8.38. The molecule has 2 atom stereocenters. The summed E-state index contributed by atoms with van der Waals surface area (Å²) in [6.45, 7) is 10.2. The standard InChI is InChI=1S/C15H27NOS/c1-4-12-5-6-14(17)13(9-12)10-16-7-8-18-15(2,3)11-16/h12-13H,4-11H2,1-3H3. The molecular formula is C15H27NOS. The minimum absolute atomic E-state index is 0.322. The molecule has 0 radical (unpaired) electrons. The maximum Gasteiger partial charge on any atom is 0.137 e. The molecule has 2 rings (SSSR count). The first kappa shape index (κ1) is 14.4. The molecule has 18 heavy (non-hydrogen) atoms. The summed E-state index contributed by atoms with van der Waals surface area (Å²) in [6.07, 6.45) is 4.34. The average Bonchev–Trinajstić information content (AvgIpc) is 2.31. The van der Waals surface area contributed by atoms with Crippen LogP contribution in [0.5, 0.6) is 0 Å². The summed E-state index contributed by atoms with van der Waals surface area (Å²) < 4.78 is 0.361. The number of rotatable bonds is 3. The molecule has 1 aliphatic heterocycles. The molecule has 1 heterocycles. The maximum absolute atomic E-state index is 12.1. The normalized spacial score (nSPS) is 33.6. The van der Waals surface area contributed by atoms with Crippen molar-refractivity contribution < 1.29 is 4.79 Å². The minimum atomic E-state index is 0.322. The van der Waals surface area contributed by atoms with Crippen LogP contribution in [0.25, 0.3) is 0 Å². The van der Waals surface area contributed by atoms with Crippen molar-refractivity contribution in [2.24, 2.45) is 11.8 Å². The zero-order chi connectivity index (χ0) is 13.2. The summed E-state index contributed by atoms with van der Waals surface area (Å²) in [5.41, 5.74) is 0. The van der Waals surface area contributed by atoms with Gasteiger partial charge in [-0.05, 0) is 32.6 Å². The van der Waals surface area contributed by atoms with Gasteiger partial charge in [-0.25, -0.2) is 0 Å². The fraction of sp³-hybridized carbons (Fsp3) is 0.933. The molecule has 1 saturated carbocycles. The Bertz CT molecular complexity index is 303. The Morgan fingerprint density at radius 3 is 2.89 bits per heavy atom. The van der Waals surface area contributed by atoms with Crippen molar-refractivity contribution >= 4 is 17.5 Å². The lowest BCUT2D eigenvalue weighted by atomic mass is 9.79. The van der Waals surface area contributed by atoms with Gasteiger partial charge in [0.15, 0.2) is 0 Å². The second kappa shape index (κ2) is 5.96. The van der Waals surface area contributed by atoms with E-state index in [9.17, 15) is 4.79 Å². The van der Waals surface area contributed by atoms with Crippen LogP contribution in [0.3, 0.4) is 0 Å². The van der Waals surface area contributed by atoms with Crippen LogP contribution in [0.1, 0.15) is 46.5 Å². The molecule has 0 aromatic heterocycles. The smallest absolute Gasteiger partial charge is 0.137 e. The fourth-order valence-corrected chi connectivity index (χ4v) is 4.51. The van der Waals surface area contributed by atoms with E-state index in [0.29, 0.717) is 16.4 Å². The highest BCUT2D eigenvalue weighted by atomic mass is 32.2. The van der Waals surface area contributed by atoms with Gasteiger partial charge in [0.1, 0.15) is 5.78 Å². The van der Waals surface area contributed by atoms with E-state index in [1.807, 2.05) is 0 Å². The van der Waals surface area contributed by atoms with Crippen LogP contribution in [0.4, 0.5) is 0 Å². The number of nitrogens with zero attached hydrogens (tertiary/aromatic N) is 1. The number of hydrogen-bond donors (Lipinski definition) is 0. The van der Waals surface area contributed by atoms with Gasteiger partial charge in [-0.15, -0.1) is 0 Å². The SMILES string of the molecule is CCC1CCC(=O)C(CN2CCSC(C)(C)C2)C1. The first-order chi connectivity index (χ1) is 8.50. The Kier molecular flexibility index (Phi) is 4.76. The van der Waals surface area contributed by atoms with Gasteiger partial charge < -0.3 is 4.90 Å². The molecule has 104 valence electrons. The molecule has 2 aliphatic rings. The predicted molar refractivity (Wildman–Crippen MR) is 79.1 cm³/mol. The van der Waals surface area contributed by atoms with Crippen molar-refractivity contribution in [1.29, 1.82) is 0 Å². The first-order valence-electron chi connectivity index (χ1n) is 7.39. The van der Waals surface area contributed by atoms with Crippen LogP contribution >= 0.6 is 11.8 Å². The Labute approximate surface area is 116 Å². The van der Waals surface area contributed by atoms with Crippen LogP contribution < -0.4 is 0 Å². The van der Waals surface area contributed by atoms with Gasteiger partial charge in [-0.1, -0.05) is 13.3 Å². The molecule has 1 aliphatic carbocycles. The van der Waals surface area contributed by atoms with Gasteiger partial charge in [0.05, 0.1) is 0 Å². The largest absolute Gasteiger partial charge is 0.300 e. The molecule has 0 spiro atoms. The van der Waals surface area contributed by atoms with Crippen molar-refractivity contribution in [1.82, 2.24) is 4.90 Å². The third-order valence-electron chi connectivity index (χ3n) is 4.43. The highest BCUT2D eigenvalue weighted by Gasteiger charge is 2.32. The van der Waals surface area contributed by atoms with E-state index in [2.05, 4.69) is 37.4 Å². The Hall–Kier alpha value is -0.0200. The molecule has 0 N–H and O–H groups in total. The van der Waals surface area contributed by atoms with E-state index in [0.717, 1.165) is 44.8 Å². The van der Waals surface area contributed by atoms with Crippen LogP contribution in [-0.4, -0.2) is 40.8 Å². The van der Waals surface area contributed by atoms with Gasteiger partial charge in [-0.3, -0.25) is 4.79 Å². The van der Waals surface area contributed by atoms with E-state index in [4.69, 9.17) is 0 Å². The van der Waals surface area contributed by atoms with E-state index in [1.54, 1.807) is 0 Å². The number of hydrogen-bond acceptors (Lipinski definition) is 3. The summed E-state index contributed by atoms with van der Waals surface area (Å²) >= 11 is 2.07. The maximum atomic E-state index is 12.1. The van der Waals surface area contributed by atoms with E-state index in [1.165, 1.54) is 12.2 Å². The molecule has 2 fully saturated rings. The van der Waals surface area contributed by atoms with Crippen molar-refractivity contribution in [3.8, 4) is 0 Å². The van der Waals surface area contributed by atoms with Gasteiger partial charge in [0, 0.05) is 42.5 Å². The summed E-state index contributed by atoms with van der Waals surface area (Å²) in [5.74, 6) is 2.85. The lowest BCUT2D eigenvalue weighted by Crippen LogP contribution is -2.46. The zero-order valence-electron chi connectivity index (χ0n) is 12.1. The number of carbonyl (C=O) groups is 1. The van der Waals surface area contributed by atoms with E-state index in [-0.39, 0.29) is 0 Å². The molecule has 0 aromatic rings. The zero-order valence-corrected chi connectivity index (χ0v) is 12.9. The van der Waals surface area contributed by atoms with Crippen LogP contribution in [0.15, 0.2) is 0 Å². The quantitative estimate of drug-likeness (QED) is 0.784. The lowest BCUT2D eigenvalue weighted by Gasteiger charge is -2.40. The minimum Gasteiger partial charge on any atom is -0.300 e. The number of thioether (sulfide) groups is 1. The summed E-state index contributed by atoms with van der Waals surface area (Å²) in [4.78, 5) is 14.6. The van der Waals surface area contributed by atoms with Crippen LogP contribution in [0.2, 0.25) is 0 Å². The summed E-state index contributed by atoms with van der Waals surface area (Å²) in [7, 11) is 0. The third kappa shape index (κ3) is 3.74. The molecule has 0 amide bonds. The van der Waals surface area contributed by atoms with Gasteiger partial charge >= 0.3 is 0 Å². The molecule has 0 aromatic carbocycles. The number of Topliss-reactive ketones (excluding diaryl/α,β-unsaturated/α-hetero) is 1. The molecule has 0 bridgehead atoms. The van der Waals surface area contributed by atoms with Gasteiger partial charge in [0.2, 0.25) is 0 Å². The summed E-state index contributed by atoms with van der Waals surface area (Å²) in [6, 6.07) is 0. The molecular weight excluding hydrogens is 242 g/mol. The van der Waals surface area contributed by atoms with E-state index < -0.39 is 0 Å². The van der Waals surface area contributed by atoms with Crippen molar-refractivity contribution in [3.05, 3.63) is 0 Å². The topological polar surface area (TPSA) is 20.3 Å². The number of ketones is 1. The van der Waals surface area contributed by atoms with Gasteiger partial charge in [0.25, 0.3) is 0 Å². The van der Waals surface area contributed by atoms with E-state index >= 15 is 0 Å². The average molecular weight is 269 g/mol.